The number of nitrogens with zero attached hydrogens (tertiary/aromatic N) is 2. The molecular weight excluding hydrogens is 232 g/mol. The summed E-state index contributed by atoms with van der Waals surface area (Å²) in [5.41, 5.74) is 0.943. The van der Waals surface area contributed by atoms with Crippen LogP contribution in [-0.2, 0) is 5.41 Å². The lowest BCUT2D eigenvalue weighted by molar-refractivity contribution is 0.0861. The van der Waals surface area contributed by atoms with Gasteiger partial charge >= 0.3 is 0 Å². The topological polar surface area (TPSA) is 46.0 Å². The number of rotatable bonds is 2. The van der Waals surface area contributed by atoms with Crippen molar-refractivity contribution in [1.82, 2.24) is 9.59 Å². The molecule has 3 nitrogen and oxygen atoms in total. The maximum absolute atomic E-state index is 10.5. The largest absolute Gasteiger partial charge is 0.387 e. The average Bonchev–Trinajstić information content (AvgIpc) is 2.78. The standard InChI is InChI=1S/C13H22N2OS/c1-13(2,3)12-11(17-15-14-12)10(16)9-7-5-4-6-8-9/h9-10,16H,4-8H2,1-3H3. The van der Waals surface area contributed by atoms with Crippen LogP contribution in [0.4, 0.5) is 0 Å². The minimum atomic E-state index is -0.357. The van der Waals surface area contributed by atoms with E-state index in [1.807, 2.05) is 0 Å². The first-order valence-corrected chi connectivity index (χ1v) is 7.28. The van der Waals surface area contributed by atoms with Crippen molar-refractivity contribution in [3.05, 3.63) is 10.6 Å². The van der Waals surface area contributed by atoms with Gasteiger partial charge in [-0.05, 0) is 30.3 Å². The zero-order valence-electron chi connectivity index (χ0n) is 10.9. The molecule has 1 saturated carbocycles. The zero-order valence-corrected chi connectivity index (χ0v) is 11.8. The van der Waals surface area contributed by atoms with Gasteiger partial charge in [0.15, 0.2) is 0 Å². The summed E-state index contributed by atoms with van der Waals surface area (Å²) < 4.78 is 4.04. The Labute approximate surface area is 107 Å². The molecule has 0 spiro atoms. The van der Waals surface area contributed by atoms with Crippen LogP contribution in [0.1, 0.15) is 69.6 Å². The molecule has 1 aromatic rings. The monoisotopic (exact) mass is 254 g/mol. The third-order valence-electron chi connectivity index (χ3n) is 3.59. The van der Waals surface area contributed by atoms with Crippen molar-refractivity contribution in [2.24, 2.45) is 5.92 Å². The van der Waals surface area contributed by atoms with Gasteiger partial charge in [-0.3, -0.25) is 0 Å². The van der Waals surface area contributed by atoms with Crippen molar-refractivity contribution in [1.29, 1.82) is 0 Å². The third-order valence-corrected chi connectivity index (χ3v) is 4.38. The third kappa shape index (κ3) is 2.86. The zero-order chi connectivity index (χ0) is 12.5. The van der Waals surface area contributed by atoms with Gasteiger partial charge in [0, 0.05) is 5.41 Å². The van der Waals surface area contributed by atoms with E-state index in [1.165, 1.54) is 30.8 Å². The van der Waals surface area contributed by atoms with E-state index in [2.05, 4.69) is 30.4 Å². The number of hydrogen-bond acceptors (Lipinski definition) is 4. The molecular formula is C13H22N2OS. The highest BCUT2D eigenvalue weighted by molar-refractivity contribution is 7.05. The van der Waals surface area contributed by atoms with Gasteiger partial charge < -0.3 is 5.11 Å². The van der Waals surface area contributed by atoms with Crippen LogP contribution in [0.25, 0.3) is 0 Å². The van der Waals surface area contributed by atoms with E-state index < -0.39 is 0 Å². The summed E-state index contributed by atoms with van der Waals surface area (Å²) in [7, 11) is 0. The smallest absolute Gasteiger partial charge is 0.0945 e. The molecule has 0 aromatic carbocycles. The van der Waals surface area contributed by atoms with Crippen LogP contribution in [0.3, 0.4) is 0 Å². The molecule has 1 N–H and O–H groups in total. The minimum absolute atomic E-state index is 0.0298. The van der Waals surface area contributed by atoms with Gasteiger partial charge in [0.2, 0.25) is 0 Å². The van der Waals surface area contributed by atoms with Crippen molar-refractivity contribution in [2.75, 3.05) is 0 Å². The SMILES string of the molecule is CC(C)(C)c1nnsc1C(O)C1CCCCC1. The van der Waals surface area contributed by atoms with Gasteiger partial charge in [-0.1, -0.05) is 44.5 Å². The van der Waals surface area contributed by atoms with Crippen LogP contribution in [0.5, 0.6) is 0 Å². The highest BCUT2D eigenvalue weighted by Gasteiger charge is 2.31. The molecule has 0 radical (unpaired) electrons. The predicted molar refractivity (Wildman–Crippen MR) is 70.1 cm³/mol. The molecule has 0 saturated heterocycles. The summed E-state index contributed by atoms with van der Waals surface area (Å²) in [5, 5.41) is 14.7. The molecule has 1 atom stereocenters. The molecule has 1 unspecified atom stereocenters. The molecule has 2 rings (SSSR count). The number of aromatic nitrogens is 2. The highest BCUT2D eigenvalue weighted by atomic mass is 32.1. The Bertz CT molecular complexity index is 364. The van der Waals surface area contributed by atoms with E-state index in [0.717, 1.165) is 23.4 Å². The first-order valence-electron chi connectivity index (χ1n) is 6.51. The van der Waals surface area contributed by atoms with E-state index in [1.54, 1.807) is 0 Å². The van der Waals surface area contributed by atoms with Gasteiger partial charge in [0.05, 0.1) is 16.7 Å². The van der Waals surface area contributed by atoms with Crippen molar-refractivity contribution in [3.63, 3.8) is 0 Å². The van der Waals surface area contributed by atoms with Gasteiger partial charge in [-0.25, -0.2) is 0 Å². The second-order valence-corrected chi connectivity index (χ2v) is 6.86. The van der Waals surface area contributed by atoms with Crippen molar-refractivity contribution in [3.8, 4) is 0 Å². The lowest BCUT2D eigenvalue weighted by Gasteiger charge is -2.27. The quantitative estimate of drug-likeness (QED) is 0.879. The number of aliphatic hydroxyl groups is 1. The van der Waals surface area contributed by atoms with Gasteiger partial charge in [0.1, 0.15) is 0 Å². The Morgan fingerprint density at radius 3 is 2.47 bits per heavy atom. The van der Waals surface area contributed by atoms with Gasteiger partial charge in [0.25, 0.3) is 0 Å². The summed E-state index contributed by atoms with van der Waals surface area (Å²) in [4.78, 5) is 0.990. The normalized spacial score (nSPS) is 20.5. The van der Waals surface area contributed by atoms with Gasteiger partial charge in [-0.2, -0.15) is 0 Å². The number of hydrogen-bond donors (Lipinski definition) is 1. The van der Waals surface area contributed by atoms with Crippen LogP contribution >= 0.6 is 11.5 Å². The second kappa shape index (κ2) is 5.02. The van der Waals surface area contributed by atoms with E-state index in [0.29, 0.717) is 5.92 Å². The molecule has 0 aliphatic heterocycles. The Kier molecular flexibility index (Phi) is 3.83. The number of aliphatic hydroxyl groups excluding tert-OH is 1. The highest BCUT2D eigenvalue weighted by Crippen LogP contribution is 2.39. The first-order chi connectivity index (χ1) is 8.00. The van der Waals surface area contributed by atoms with Crippen molar-refractivity contribution < 1.29 is 5.11 Å². The second-order valence-electron chi connectivity index (χ2n) is 6.08. The molecule has 17 heavy (non-hydrogen) atoms. The van der Waals surface area contributed by atoms with Crippen LogP contribution in [0, 0.1) is 5.92 Å². The summed E-state index contributed by atoms with van der Waals surface area (Å²) in [6.07, 6.45) is 5.74. The fraction of sp³-hybridized carbons (Fsp3) is 0.846. The van der Waals surface area contributed by atoms with E-state index in [-0.39, 0.29) is 11.5 Å². The van der Waals surface area contributed by atoms with E-state index in [4.69, 9.17) is 0 Å². The average molecular weight is 254 g/mol. The molecule has 4 heteroatoms. The Hall–Kier alpha value is -0.480. The van der Waals surface area contributed by atoms with Gasteiger partial charge in [-0.15, -0.1) is 5.10 Å². The van der Waals surface area contributed by atoms with Crippen molar-refractivity contribution >= 4 is 11.5 Å². The maximum atomic E-state index is 10.5. The molecule has 1 aliphatic carbocycles. The molecule has 96 valence electrons. The van der Waals surface area contributed by atoms with E-state index >= 15 is 0 Å². The minimum Gasteiger partial charge on any atom is -0.387 e. The summed E-state index contributed by atoms with van der Waals surface area (Å²) in [6, 6.07) is 0. The van der Waals surface area contributed by atoms with Crippen LogP contribution in [0.2, 0.25) is 0 Å². The molecule has 1 aromatic heterocycles. The molecule has 1 aliphatic rings. The predicted octanol–water partition coefficient (Wildman–Crippen LogP) is 3.45. The van der Waals surface area contributed by atoms with Crippen LogP contribution in [-0.4, -0.2) is 14.7 Å². The van der Waals surface area contributed by atoms with E-state index in [9.17, 15) is 5.11 Å². The lowest BCUT2D eigenvalue weighted by atomic mass is 9.82. The first kappa shape index (κ1) is 13.0. The van der Waals surface area contributed by atoms with Crippen LogP contribution < -0.4 is 0 Å². The fourth-order valence-corrected chi connectivity index (χ4v) is 3.52. The molecule has 0 bridgehead atoms. The fourth-order valence-electron chi connectivity index (χ4n) is 2.58. The summed E-state index contributed by atoms with van der Waals surface area (Å²) in [6.45, 7) is 6.38. The molecule has 0 amide bonds. The van der Waals surface area contributed by atoms with Crippen molar-refractivity contribution in [2.45, 2.75) is 64.4 Å². The summed E-state index contributed by atoms with van der Waals surface area (Å²) in [5.74, 6) is 0.409. The Balaban J connectivity index is 2.18. The Morgan fingerprint density at radius 2 is 1.88 bits per heavy atom. The summed E-state index contributed by atoms with van der Waals surface area (Å²) >= 11 is 1.37. The molecule has 1 fully saturated rings. The Morgan fingerprint density at radius 1 is 1.24 bits per heavy atom. The maximum Gasteiger partial charge on any atom is 0.0945 e. The van der Waals surface area contributed by atoms with Crippen LogP contribution in [0.15, 0.2) is 0 Å². The lowest BCUT2D eigenvalue weighted by Crippen LogP contribution is -2.20. The molecule has 1 heterocycles.